The van der Waals surface area contributed by atoms with E-state index in [4.69, 9.17) is 10.3 Å². The second-order valence-corrected chi connectivity index (χ2v) is 6.37. The largest absolute Gasteiger partial charge is 0.382 e. The van der Waals surface area contributed by atoms with Crippen LogP contribution >= 0.6 is 11.3 Å². The number of aromatic nitrogens is 5. The lowest BCUT2D eigenvalue weighted by atomic mass is 10.1. The third kappa shape index (κ3) is 2.37. The van der Waals surface area contributed by atoms with Crippen molar-refractivity contribution >= 4 is 17.2 Å². The maximum atomic E-state index is 6.22. The van der Waals surface area contributed by atoms with Crippen LogP contribution in [0.3, 0.4) is 0 Å². The minimum Gasteiger partial charge on any atom is -0.382 e. The molecule has 3 heterocycles. The van der Waals surface area contributed by atoms with Gasteiger partial charge in [0.1, 0.15) is 0 Å². The highest BCUT2D eigenvalue weighted by Gasteiger charge is 2.20. The fraction of sp³-hybridized carbons (Fsp3) is 0.125. The van der Waals surface area contributed by atoms with E-state index in [0.717, 1.165) is 16.1 Å². The van der Waals surface area contributed by atoms with E-state index in [1.807, 2.05) is 43.5 Å². The van der Waals surface area contributed by atoms with Gasteiger partial charge < -0.3 is 10.3 Å². The number of nitrogen functional groups attached to an aromatic ring is 1. The summed E-state index contributed by atoms with van der Waals surface area (Å²) in [5.41, 5.74) is 9.70. The van der Waals surface area contributed by atoms with Crippen molar-refractivity contribution in [2.24, 2.45) is 0 Å². The van der Waals surface area contributed by atoms with Crippen molar-refractivity contribution in [1.82, 2.24) is 25.1 Å². The number of aryl methyl sites for hydroxylation is 2. The Labute approximate surface area is 141 Å². The molecule has 0 saturated heterocycles. The second kappa shape index (κ2) is 5.57. The predicted octanol–water partition coefficient (Wildman–Crippen LogP) is 3.24. The molecule has 4 rings (SSSR count). The third-order valence-electron chi connectivity index (χ3n) is 3.66. The van der Waals surface area contributed by atoms with Gasteiger partial charge in [-0.05, 0) is 36.9 Å². The zero-order valence-electron chi connectivity index (χ0n) is 13.1. The Hall–Kier alpha value is -3.00. The van der Waals surface area contributed by atoms with Crippen LogP contribution < -0.4 is 5.73 Å². The van der Waals surface area contributed by atoms with Gasteiger partial charge in [0.25, 0.3) is 5.89 Å². The minimum absolute atomic E-state index is 0.256. The number of anilines is 1. The third-order valence-corrected chi connectivity index (χ3v) is 4.52. The first-order valence-corrected chi connectivity index (χ1v) is 8.18. The standard InChI is InChI=1S/C16H14N6OS/c1-9-5-6-11(10(2)8-9)22-14(17)13(19-21-22)16-18-15(20-23-16)12-4-3-7-24-12/h3-8H,17H2,1-2H3. The Bertz CT molecular complexity index is 1000. The molecule has 0 unspecified atom stereocenters. The molecule has 0 fully saturated rings. The van der Waals surface area contributed by atoms with Crippen LogP contribution in [0.2, 0.25) is 0 Å². The van der Waals surface area contributed by atoms with Crippen LogP contribution in [0, 0.1) is 13.8 Å². The van der Waals surface area contributed by atoms with Gasteiger partial charge in [-0.15, -0.1) is 16.4 Å². The Morgan fingerprint density at radius 2 is 2.08 bits per heavy atom. The Morgan fingerprint density at radius 3 is 2.83 bits per heavy atom. The molecule has 7 nitrogen and oxygen atoms in total. The zero-order valence-corrected chi connectivity index (χ0v) is 13.9. The first-order chi connectivity index (χ1) is 11.6. The monoisotopic (exact) mass is 338 g/mol. The van der Waals surface area contributed by atoms with Gasteiger partial charge in [-0.1, -0.05) is 34.1 Å². The molecular weight excluding hydrogens is 324 g/mol. The highest BCUT2D eigenvalue weighted by atomic mass is 32.1. The van der Waals surface area contributed by atoms with Crippen LogP contribution in [0.4, 0.5) is 5.82 Å². The van der Waals surface area contributed by atoms with E-state index in [1.54, 1.807) is 4.68 Å². The molecule has 3 aromatic heterocycles. The number of benzene rings is 1. The maximum absolute atomic E-state index is 6.22. The lowest BCUT2D eigenvalue weighted by molar-refractivity contribution is 0.431. The van der Waals surface area contributed by atoms with E-state index in [2.05, 4.69) is 26.5 Å². The van der Waals surface area contributed by atoms with Crippen LogP contribution in [0.25, 0.3) is 28.0 Å². The van der Waals surface area contributed by atoms with Crippen LogP contribution in [-0.2, 0) is 0 Å². The molecule has 120 valence electrons. The smallest absolute Gasteiger partial charge is 0.282 e. The maximum Gasteiger partial charge on any atom is 0.282 e. The quantitative estimate of drug-likeness (QED) is 0.616. The first-order valence-electron chi connectivity index (χ1n) is 7.30. The lowest BCUT2D eigenvalue weighted by Crippen LogP contribution is -2.04. The summed E-state index contributed by atoms with van der Waals surface area (Å²) in [7, 11) is 0. The molecule has 0 radical (unpaired) electrons. The summed E-state index contributed by atoms with van der Waals surface area (Å²) in [6, 6.07) is 9.89. The van der Waals surface area contributed by atoms with E-state index in [9.17, 15) is 0 Å². The second-order valence-electron chi connectivity index (χ2n) is 5.43. The average molecular weight is 338 g/mol. The number of hydrogen-bond donors (Lipinski definition) is 1. The normalized spacial score (nSPS) is 11.1. The number of thiophene rings is 1. The van der Waals surface area contributed by atoms with Crippen molar-refractivity contribution in [3.05, 3.63) is 46.8 Å². The van der Waals surface area contributed by atoms with Gasteiger partial charge in [0.2, 0.25) is 5.82 Å². The van der Waals surface area contributed by atoms with Crippen molar-refractivity contribution in [3.63, 3.8) is 0 Å². The number of nitrogens with zero attached hydrogens (tertiary/aromatic N) is 5. The summed E-state index contributed by atoms with van der Waals surface area (Å²) < 4.78 is 6.89. The molecule has 0 bridgehead atoms. The van der Waals surface area contributed by atoms with E-state index in [0.29, 0.717) is 17.3 Å². The van der Waals surface area contributed by atoms with E-state index >= 15 is 0 Å². The van der Waals surface area contributed by atoms with Crippen molar-refractivity contribution in [2.45, 2.75) is 13.8 Å². The molecule has 24 heavy (non-hydrogen) atoms. The highest BCUT2D eigenvalue weighted by Crippen LogP contribution is 2.28. The summed E-state index contributed by atoms with van der Waals surface area (Å²) in [4.78, 5) is 5.29. The SMILES string of the molecule is Cc1ccc(-n2nnc(-c3nc(-c4cccs4)no3)c2N)c(C)c1. The Balaban J connectivity index is 1.75. The van der Waals surface area contributed by atoms with Crippen molar-refractivity contribution in [3.8, 4) is 28.0 Å². The molecule has 0 amide bonds. The number of rotatable bonds is 3. The van der Waals surface area contributed by atoms with Crippen molar-refractivity contribution in [2.75, 3.05) is 5.73 Å². The Kier molecular flexibility index (Phi) is 3.39. The van der Waals surface area contributed by atoms with Crippen molar-refractivity contribution < 1.29 is 4.52 Å². The van der Waals surface area contributed by atoms with Gasteiger partial charge in [0.15, 0.2) is 11.5 Å². The highest BCUT2D eigenvalue weighted by molar-refractivity contribution is 7.13. The average Bonchev–Trinajstić information content (AvgIpc) is 3.27. The predicted molar refractivity (Wildman–Crippen MR) is 91.9 cm³/mol. The van der Waals surface area contributed by atoms with Crippen LogP contribution in [0.1, 0.15) is 11.1 Å². The minimum atomic E-state index is 0.256. The summed E-state index contributed by atoms with van der Waals surface area (Å²) >= 11 is 1.54. The fourth-order valence-electron chi connectivity index (χ4n) is 2.49. The van der Waals surface area contributed by atoms with Gasteiger partial charge in [0.05, 0.1) is 10.6 Å². The fourth-order valence-corrected chi connectivity index (χ4v) is 3.14. The summed E-state index contributed by atoms with van der Waals surface area (Å²) in [5, 5.41) is 14.2. The number of nitrogens with two attached hydrogens (primary N) is 1. The van der Waals surface area contributed by atoms with Crippen LogP contribution in [0.15, 0.2) is 40.2 Å². The summed E-state index contributed by atoms with van der Waals surface area (Å²) in [5.74, 6) is 1.13. The molecule has 0 aliphatic heterocycles. The van der Waals surface area contributed by atoms with Gasteiger partial charge in [0, 0.05) is 0 Å². The van der Waals surface area contributed by atoms with Crippen LogP contribution in [0.5, 0.6) is 0 Å². The topological polar surface area (TPSA) is 95.6 Å². The molecule has 0 saturated carbocycles. The van der Waals surface area contributed by atoms with Gasteiger partial charge in [-0.2, -0.15) is 9.67 Å². The van der Waals surface area contributed by atoms with E-state index in [-0.39, 0.29) is 5.89 Å². The molecule has 4 aromatic rings. The molecule has 0 atom stereocenters. The van der Waals surface area contributed by atoms with Gasteiger partial charge in [-0.3, -0.25) is 0 Å². The molecule has 0 aliphatic carbocycles. The molecule has 2 N–H and O–H groups in total. The van der Waals surface area contributed by atoms with Gasteiger partial charge in [-0.25, -0.2) is 0 Å². The summed E-state index contributed by atoms with van der Waals surface area (Å²) in [6.07, 6.45) is 0. The molecule has 0 aliphatic rings. The Morgan fingerprint density at radius 1 is 1.21 bits per heavy atom. The van der Waals surface area contributed by atoms with E-state index < -0.39 is 0 Å². The molecule has 8 heteroatoms. The molecule has 0 spiro atoms. The van der Waals surface area contributed by atoms with Gasteiger partial charge >= 0.3 is 0 Å². The zero-order chi connectivity index (χ0) is 16.7. The van der Waals surface area contributed by atoms with Crippen molar-refractivity contribution in [1.29, 1.82) is 0 Å². The summed E-state index contributed by atoms with van der Waals surface area (Å²) in [6.45, 7) is 4.04. The van der Waals surface area contributed by atoms with Crippen LogP contribution in [-0.4, -0.2) is 25.1 Å². The van der Waals surface area contributed by atoms with E-state index in [1.165, 1.54) is 16.9 Å². The first kappa shape index (κ1) is 14.6. The molecule has 1 aromatic carbocycles. The molecular formula is C16H14N6OS. The number of hydrogen-bond acceptors (Lipinski definition) is 7. The lowest BCUT2D eigenvalue weighted by Gasteiger charge is -2.07.